The first-order chi connectivity index (χ1) is 7.69. The maximum atomic E-state index is 9.17. The van der Waals surface area contributed by atoms with Gasteiger partial charge in [-0.3, -0.25) is 0 Å². The van der Waals surface area contributed by atoms with E-state index in [-0.39, 0.29) is 12.0 Å². The van der Waals surface area contributed by atoms with Crippen molar-refractivity contribution in [3.63, 3.8) is 0 Å². The van der Waals surface area contributed by atoms with E-state index in [4.69, 9.17) is 10.5 Å². The summed E-state index contributed by atoms with van der Waals surface area (Å²) >= 11 is 0. The van der Waals surface area contributed by atoms with E-state index in [2.05, 4.69) is 6.92 Å². The number of benzene rings is 1. The van der Waals surface area contributed by atoms with Gasteiger partial charge in [-0.25, -0.2) is 0 Å². The number of nitrogens with two attached hydrogens (primary N) is 1. The summed E-state index contributed by atoms with van der Waals surface area (Å²) in [5.41, 5.74) is 7.81. The van der Waals surface area contributed by atoms with Gasteiger partial charge in [-0.15, -0.1) is 0 Å². The van der Waals surface area contributed by atoms with Crippen LogP contribution in [-0.2, 0) is 6.42 Å². The van der Waals surface area contributed by atoms with Crippen molar-refractivity contribution in [1.82, 2.24) is 0 Å². The number of aliphatic hydroxyl groups excluding tert-OH is 1. The summed E-state index contributed by atoms with van der Waals surface area (Å²) in [7, 11) is 0. The van der Waals surface area contributed by atoms with Crippen molar-refractivity contribution in [1.29, 1.82) is 0 Å². The molecule has 88 valence electrons. The fraction of sp³-hybridized carbons (Fsp3) is 0.538. The molecule has 0 heterocycles. The van der Waals surface area contributed by atoms with Crippen LogP contribution in [0.1, 0.15) is 25.3 Å². The predicted molar refractivity (Wildman–Crippen MR) is 64.5 cm³/mol. The fourth-order valence-corrected chi connectivity index (χ4v) is 1.71. The lowest BCUT2D eigenvalue weighted by Gasteiger charge is -2.15. The summed E-state index contributed by atoms with van der Waals surface area (Å²) in [5.74, 6) is 0.733. The molecule has 3 N–H and O–H groups in total. The number of aliphatic hydroxyl groups is 1. The van der Waals surface area contributed by atoms with Crippen LogP contribution in [0.3, 0.4) is 0 Å². The van der Waals surface area contributed by atoms with Gasteiger partial charge in [0.15, 0.2) is 0 Å². The molecule has 0 bridgehead atoms. The zero-order valence-corrected chi connectivity index (χ0v) is 9.70. The topological polar surface area (TPSA) is 55.5 Å². The first-order valence-electron chi connectivity index (χ1n) is 5.81. The number of aryl methyl sites for hydroxylation is 1. The molecule has 0 atom stereocenters. The minimum Gasteiger partial charge on any atom is -0.491 e. The van der Waals surface area contributed by atoms with E-state index >= 15 is 0 Å². The molecule has 1 aliphatic carbocycles. The monoisotopic (exact) mass is 221 g/mol. The van der Waals surface area contributed by atoms with E-state index in [0.29, 0.717) is 12.3 Å². The first-order valence-corrected chi connectivity index (χ1v) is 5.81. The highest BCUT2D eigenvalue weighted by atomic mass is 16.5. The Morgan fingerprint density at radius 3 is 2.69 bits per heavy atom. The lowest BCUT2D eigenvalue weighted by Crippen LogP contribution is -2.17. The standard InChI is InChI=1S/C13H19NO2/c1-2-10-3-4-12(11(14)7-10)16-9-13(8-15)5-6-13/h3-4,7,15H,2,5-6,8-9,14H2,1H3. The number of ether oxygens (including phenoxy) is 1. The van der Waals surface area contributed by atoms with Crippen molar-refractivity contribution in [2.24, 2.45) is 5.41 Å². The Balaban J connectivity index is 1.99. The van der Waals surface area contributed by atoms with Crippen LogP contribution in [-0.4, -0.2) is 18.3 Å². The quantitative estimate of drug-likeness (QED) is 0.747. The van der Waals surface area contributed by atoms with E-state index in [0.717, 1.165) is 25.0 Å². The van der Waals surface area contributed by atoms with Crippen LogP contribution in [0.2, 0.25) is 0 Å². The molecule has 1 aromatic carbocycles. The number of hydrogen-bond acceptors (Lipinski definition) is 3. The normalized spacial score (nSPS) is 17.1. The van der Waals surface area contributed by atoms with Crippen molar-refractivity contribution < 1.29 is 9.84 Å². The number of anilines is 1. The maximum Gasteiger partial charge on any atom is 0.142 e. The van der Waals surface area contributed by atoms with Gasteiger partial charge in [0.2, 0.25) is 0 Å². The van der Waals surface area contributed by atoms with E-state index in [1.54, 1.807) is 0 Å². The third kappa shape index (κ3) is 2.30. The Morgan fingerprint density at radius 2 is 2.19 bits per heavy atom. The van der Waals surface area contributed by atoms with Gasteiger partial charge in [-0.2, -0.15) is 0 Å². The predicted octanol–water partition coefficient (Wildman–Crippen LogP) is 1.98. The van der Waals surface area contributed by atoms with Crippen LogP contribution in [0, 0.1) is 5.41 Å². The molecule has 0 saturated heterocycles. The molecular formula is C13H19NO2. The highest BCUT2D eigenvalue weighted by Crippen LogP contribution is 2.45. The van der Waals surface area contributed by atoms with Gasteiger partial charge in [-0.05, 0) is 37.0 Å². The second kappa shape index (κ2) is 4.34. The Kier molecular flexibility index (Phi) is 3.06. The second-order valence-corrected chi connectivity index (χ2v) is 4.67. The molecule has 1 aromatic rings. The van der Waals surface area contributed by atoms with Gasteiger partial charge in [0.1, 0.15) is 5.75 Å². The van der Waals surface area contributed by atoms with E-state index in [1.165, 1.54) is 5.56 Å². The molecule has 0 spiro atoms. The summed E-state index contributed by atoms with van der Waals surface area (Å²) in [5, 5.41) is 9.17. The molecule has 0 unspecified atom stereocenters. The molecule has 0 aromatic heterocycles. The Labute approximate surface area is 96.2 Å². The van der Waals surface area contributed by atoms with Crippen LogP contribution >= 0.6 is 0 Å². The largest absolute Gasteiger partial charge is 0.491 e. The highest BCUT2D eigenvalue weighted by molar-refractivity contribution is 5.54. The van der Waals surface area contributed by atoms with Gasteiger partial charge >= 0.3 is 0 Å². The van der Waals surface area contributed by atoms with E-state index < -0.39 is 0 Å². The number of hydrogen-bond donors (Lipinski definition) is 2. The van der Waals surface area contributed by atoms with Crippen molar-refractivity contribution >= 4 is 5.69 Å². The first kappa shape index (κ1) is 11.3. The van der Waals surface area contributed by atoms with Crippen LogP contribution in [0.5, 0.6) is 5.75 Å². The summed E-state index contributed by atoms with van der Waals surface area (Å²) in [6.45, 7) is 2.87. The minimum absolute atomic E-state index is 0.00979. The van der Waals surface area contributed by atoms with Crippen molar-refractivity contribution in [3.05, 3.63) is 23.8 Å². The van der Waals surface area contributed by atoms with Gasteiger partial charge in [0.05, 0.1) is 18.9 Å². The summed E-state index contributed by atoms with van der Waals surface area (Å²) < 4.78 is 5.67. The van der Waals surface area contributed by atoms with Gasteiger partial charge in [0.25, 0.3) is 0 Å². The molecule has 3 nitrogen and oxygen atoms in total. The van der Waals surface area contributed by atoms with Crippen LogP contribution < -0.4 is 10.5 Å². The molecule has 0 amide bonds. The van der Waals surface area contributed by atoms with Crippen LogP contribution in [0.15, 0.2) is 18.2 Å². The molecule has 1 saturated carbocycles. The third-order valence-corrected chi connectivity index (χ3v) is 3.31. The summed E-state index contributed by atoms with van der Waals surface area (Å²) in [6.07, 6.45) is 3.08. The minimum atomic E-state index is 0.00979. The van der Waals surface area contributed by atoms with Crippen molar-refractivity contribution in [2.45, 2.75) is 26.2 Å². The Hall–Kier alpha value is -1.22. The summed E-state index contributed by atoms with van der Waals surface area (Å²) in [4.78, 5) is 0. The van der Waals surface area contributed by atoms with Gasteiger partial charge in [0, 0.05) is 5.41 Å². The molecule has 2 rings (SSSR count). The lowest BCUT2D eigenvalue weighted by atomic mass is 10.1. The molecule has 1 fully saturated rings. The maximum absolute atomic E-state index is 9.17. The van der Waals surface area contributed by atoms with Crippen LogP contribution in [0.25, 0.3) is 0 Å². The molecule has 0 radical (unpaired) electrons. The van der Waals surface area contributed by atoms with Crippen molar-refractivity contribution in [3.8, 4) is 5.75 Å². The molecule has 0 aliphatic heterocycles. The molecule has 16 heavy (non-hydrogen) atoms. The van der Waals surface area contributed by atoms with Gasteiger partial charge < -0.3 is 15.6 Å². The number of rotatable bonds is 5. The zero-order chi connectivity index (χ0) is 11.6. The van der Waals surface area contributed by atoms with Crippen LogP contribution in [0.4, 0.5) is 5.69 Å². The number of nitrogen functional groups attached to an aromatic ring is 1. The molecular weight excluding hydrogens is 202 g/mol. The van der Waals surface area contributed by atoms with Gasteiger partial charge in [-0.1, -0.05) is 13.0 Å². The average molecular weight is 221 g/mol. The fourth-order valence-electron chi connectivity index (χ4n) is 1.71. The SMILES string of the molecule is CCc1ccc(OCC2(CO)CC2)c(N)c1. The average Bonchev–Trinajstić information content (AvgIpc) is 3.08. The van der Waals surface area contributed by atoms with Crippen molar-refractivity contribution in [2.75, 3.05) is 18.9 Å². The van der Waals surface area contributed by atoms with E-state index in [1.807, 2.05) is 18.2 Å². The Morgan fingerprint density at radius 1 is 1.44 bits per heavy atom. The summed E-state index contributed by atoms with van der Waals surface area (Å²) in [6, 6.07) is 5.90. The van der Waals surface area contributed by atoms with E-state index in [9.17, 15) is 5.11 Å². The molecule has 3 heteroatoms. The smallest absolute Gasteiger partial charge is 0.142 e. The Bertz CT molecular complexity index is 372. The lowest BCUT2D eigenvalue weighted by molar-refractivity contribution is 0.147. The highest BCUT2D eigenvalue weighted by Gasteiger charge is 2.43. The molecule has 1 aliphatic rings. The third-order valence-electron chi connectivity index (χ3n) is 3.31. The zero-order valence-electron chi connectivity index (χ0n) is 9.70. The second-order valence-electron chi connectivity index (χ2n) is 4.67.